The van der Waals surface area contributed by atoms with Crippen LogP contribution < -0.4 is 9.47 Å². The fourth-order valence-electron chi connectivity index (χ4n) is 3.29. The van der Waals surface area contributed by atoms with E-state index in [-0.39, 0.29) is 6.04 Å². The van der Waals surface area contributed by atoms with Gasteiger partial charge in [0.2, 0.25) is 0 Å². The van der Waals surface area contributed by atoms with Crippen molar-refractivity contribution >= 4 is 0 Å². The Morgan fingerprint density at radius 3 is 2.85 bits per heavy atom. The van der Waals surface area contributed by atoms with Gasteiger partial charge in [-0.25, -0.2) is 0 Å². The molecule has 2 aliphatic heterocycles. The second kappa shape index (κ2) is 6.02. The Balaban J connectivity index is 1.93. The molecule has 2 heterocycles. The minimum absolute atomic E-state index is 0.0412. The fraction of sp³-hybridized carbons (Fsp3) is 0.625. The number of likely N-dealkylation sites (tertiary alicyclic amines) is 1. The largest absolute Gasteiger partial charge is 0.490 e. The number of benzene rings is 1. The third-order valence-corrected chi connectivity index (χ3v) is 4.17. The lowest BCUT2D eigenvalue weighted by atomic mass is 9.94. The van der Waals surface area contributed by atoms with Crippen molar-refractivity contribution in [2.75, 3.05) is 26.3 Å². The van der Waals surface area contributed by atoms with Crippen molar-refractivity contribution in [1.29, 1.82) is 0 Å². The molecule has 0 spiro atoms. The highest BCUT2D eigenvalue weighted by molar-refractivity contribution is 5.49. The maximum absolute atomic E-state index is 10.4. The molecule has 20 heavy (non-hydrogen) atoms. The van der Waals surface area contributed by atoms with Crippen LogP contribution in [0.25, 0.3) is 0 Å². The van der Waals surface area contributed by atoms with E-state index in [0.717, 1.165) is 30.2 Å². The first-order valence-corrected chi connectivity index (χ1v) is 7.62. The molecule has 1 fully saturated rings. The van der Waals surface area contributed by atoms with Crippen LogP contribution in [0.4, 0.5) is 0 Å². The first kappa shape index (κ1) is 13.7. The van der Waals surface area contributed by atoms with Crippen molar-refractivity contribution in [3.63, 3.8) is 0 Å². The van der Waals surface area contributed by atoms with Crippen molar-refractivity contribution < 1.29 is 14.6 Å². The molecule has 0 amide bonds. The van der Waals surface area contributed by atoms with E-state index in [4.69, 9.17) is 9.47 Å². The molecule has 1 N–H and O–H groups in total. The smallest absolute Gasteiger partial charge is 0.166 e. The first-order valence-electron chi connectivity index (χ1n) is 7.62. The number of hydrogen-bond donors (Lipinski definition) is 1. The number of piperidine rings is 1. The minimum Gasteiger partial charge on any atom is -0.490 e. The van der Waals surface area contributed by atoms with E-state index in [9.17, 15) is 5.11 Å². The Hall–Kier alpha value is -1.26. The molecule has 1 saturated heterocycles. The lowest BCUT2D eigenvalue weighted by Crippen LogP contribution is -2.44. The van der Waals surface area contributed by atoms with E-state index in [2.05, 4.69) is 11.0 Å². The Morgan fingerprint density at radius 1 is 1.30 bits per heavy atom. The van der Waals surface area contributed by atoms with E-state index in [0.29, 0.717) is 13.2 Å². The van der Waals surface area contributed by atoms with Crippen molar-refractivity contribution in [3.8, 4) is 11.5 Å². The summed E-state index contributed by atoms with van der Waals surface area (Å²) in [4.78, 5) is 2.39. The molecule has 2 atom stereocenters. The van der Waals surface area contributed by atoms with E-state index < -0.39 is 6.10 Å². The number of aliphatic hydroxyl groups is 1. The average Bonchev–Trinajstić information content (AvgIpc) is 2.48. The summed E-state index contributed by atoms with van der Waals surface area (Å²) in [5.41, 5.74) is 1.07. The molecule has 4 nitrogen and oxygen atoms in total. The molecule has 2 unspecified atom stereocenters. The first-order chi connectivity index (χ1) is 9.81. The van der Waals surface area contributed by atoms with E-state index in [1.165, 1.54) is 19.3 Å². The SMILES string of the molecule is CCOc1cccc2c1OCC(O)C2N1CCCCC1. The molecule has 0 aromatic heterocycles. The van der Waals surface area contributed by atoms with Crippen LogP contribution in [0.1, 0.15) is 37.8 Å². The number of rotatable bonds is 3. The van der Waals surface area contributed by atoms with Gasteiger partial charge in [-0.2, -0.15) is 0 Å². The fourth-order valence-corrected chi connectivity index (χ4v) is 3.29. The summed E-state index contributed by atoms with van der Waals surface area (Å²) < 4.78 is 11.4. The zero-order chi connectivity index (χ0) is 13.9. The van der Waals surface area contributed by atoms with Crippen LogP contribution in [0.2, 0.25) is 0 Å². The van der Waals surface area contributed by atoms with Crippen molar-refractivity contribution in [2.45, 2.75) is 38.3 Å². The van der Waals surface area contributed by atoms with Crippen LogP contribution in [0, 0.1) is 0 Å². The predicted molar refractivity (Wildman–Crippen MR) is 77.3 cm³/mol. The molecule has 0 bridgehead atoms. The summed E-state index contributed by atoms with van der Waals surface area (Å²) in [6, 6.07) is 6.02. The lowest BCUT2D eigenvalue weighted by molar-refractivity contribution is -0.00783. The molecule has 4 heteroatoms. The molecule has 0 saturated carbocycles. The second-order valence-corrected chi connectivity index (χ2v) is 5.53. The van der Waals surface area contributed by atoms with Crippen LogP contribution in [-0.4, -0.2) is 42.4 Å². The van der Waals surface area contributed by atoms with Gasteiger partial charge in [0.25, 0.3) is 0 Å². The molecule has 1 aromatic rings. The van der Waals surface area contributed by atoms with Gasteiger partial charge in [-0.15, -0.1) is 0 Å². The number of aliphatic hydroxyl groups excluding tert-OH is 1. The quantitative estimate of drug-likeness (QED) is 0.921. The highest BCUT2D eigenvalue weighted by Crippen LogP contribution is 2.42. The molecule has 110 valence electrons. The van der Waals surface area contributed by atoms with Gasteiger partial charge >= 0.3 is 0 Å². The summed E-state index contributed by atoms with van der Waals surface area (Å²) in [7, 11) is 0. The summed E-state index contributed by atoms with van der Waals surface area (Å²) in [5.74, 6) is 1.61. The Labute approximate surface area is 120 Å². The average molecular weight is 277 g/mol. The van der Waals surface area contributed by atoms with Gasteiger partial charge in [0.15, 0.2) is 11.5 Å². The summed E-state index contributed by atoms with van der Waals surface area (Å²) >= 11 is 0. The normalized spacial score (nSPS) is 26.7. The molecule has 1 aromatic carbocycles. The maximum atomic E-state index is 10.4. The number of ether oxygens (including phenoxy) is 2. The number of fused-ring (bicyclic) bond motifs is 1. The highest BCUT2D eigenvalue weighted by Gasteiger charge is 2.36. The molecule has 3 rings (SSSR count). The number of hydrogen-bond acceptors (Lipinski definition) is 4. The topological polar surface area (TPSA) is 41.9 Å². The van der Waals surface area contributed by atoms with Gasteiger partial charge in [-0.3, -0.25) is 4.90 Å². The van der Waals surface area contributed by atoms with Gasteiger partial charge in [-0.05, 0) is 38.9 Å². The van der Waals surface area contributed by atoms with Crippen LogP contribution in [-0.2, 0) is 0 Å². The predicted octanol–water partition coefficient (Wildman–Crippen LogP) is 2.37. The molecule has 0 radical (unpaired) electrons. The third-order valence-electron chi connectivity index (χ3n) is 4.17. The van der Waals surface area contributed by atoms with Crippen molar-refractivity contribution in [1.82, 2.24) is 4.90 Å². The molecular formula is C16H23NO3. The van der Waals surface area contributed by atoms with Gasteiger partial charge in [0.05, 0.1) is 12.6 Å². The van der Waals surface area contributed by atoms with Crippen LogP contribution in [0.3, 0.4) is 0 Å². The van der Waals surface area contributed by atoms with Gasteiger partial charge in [0.1, 0.15) is 12.7 Å². The molecular weight excluding hydrogens is 254 g/mol. The molecule has 0 aliphatic carbocycles. The van der Waals surface area contributed by atoms with Crippen LogP contribution >= 0.6 is 0 Å². The van der Waals surface area contributed by atoms with E-state index in [1.807, 2.05) is 19.1 Å². The van der Waals surface area contributed by atoms with Gasteiger partial charge in [-0.1, -0.05) is 18.6 Å². The summed E-state index contributed by atoms with van der Waals surface area (Å²) in [5, 5.41) is 10.4. The zero-order valence-electron chi connectivity index (χ0n) is 12.0. The Kier molecular flexibility index (Phi) is 4.13. The van der Waals surface area contributed by atoms with Gasteiger partial charge < -0.3 is 14.6 Å². The lowest BCUT2D eigenvalue weighted by Gasteiger charge is -2.40. The zero-order valence-corrected chi connectivity index (χ0v) is 12.0. The summed E-state index contributed by atoms with van der Waals surface area (Å²) in [6.07, 6.45) is 3.26. The third kappa shape index (κ3) is 2.50. The Morgan fingerprint density at radius 2 is 2.10 bits per heavy atom. The van der Waals surface area contributed by atoms with Crippen LogP contribution in [0.5, 0.6) is 11.5 Å². The van der Waals surface area contributed by atoms with Gasteiger partial charge in [0, 0.05) is 5.56 Å². The number of para-hydroxylation sites is 1. The van der Waals surface area contributed by atoms with Crippen molar-refractivity contribution in [2.24, 2.45) is 0 Å². The summed E-state index contributed by atoms with van der Waals surface area (Å²) in [6.45, 7) is 5.05. The standard InChI is InChI=1S/C16H23NO3/c1-2-19-14-8-6-7-12-15(13(18)11-20-16(12)14)17-9-4-3-5-10-17/h6-8,13,15,18H,2-5,9-11H2,1H3. The van der Waals surface area contributed by atoms with E-state index >= 15 is 0 Å². The van der Waals surface area contributed by atoms with E-state index in [1.54, 1.807) is 0 Å². The number of nitrogens with zero attached hydrogens (tertiary/aromatic N) is 1. The second-order valence-electron chi connectivity index (χ2n) is 5.53. The molecule has 2 aliphatic rings. The van der Waals surface area contributed by atoms with Crippen molar-refractivity contribution in [3.05, 3.63) is 23.8 Å². The monoisotopic (exact) mass is 277 g/mol. The highest BCUT2D eigenvalue weighted by atomic mass is 16.5. The van der Waals surface area contributed by atoms with Crippen LogP contribution in [0.15, 0.2) is 18.2 Å². The maximum Gasteiger partial charge on any atom is 0.166 e. The minimum atomic E-state index is -0.461. The Bertz CT molecular complexity index is 457.